The first-order valence-corrected chi connectivity index (χ1v) is 7.81. The Kier molecular flexibility index (Phi) is 4.15. The van der Waals surface area contributed by atoms with Crippen molar-refractivity contribution >= 4 is 17.5 Å². The van der Waals surface area contributed by atoms with Gasteiger partial charge in [-0.05, 0) is 43.2 Å². The number of benzene rings is 2. The third-order valence-electron chi connectivity index (χ3n) is 4.20. The minimum atomic E-state index is -0.177. The predicted octanol–water partition coefficient (Wildman–Crippen LogP) is 3.12. The lowest BCUT2D eigenvalue weighted by atomic mass is 10.1. The molecule has 0 aromatic heterocycles. The van der Waals surface area contributed by atoms with Crippen LogP contribution in [0.5, 0.6) is 0 Å². The van der Waals surface area contributed by atoms with Crippen molar-refractivity contribution < 1.29 is 9.59 Å². The van der Waals surface area contributed by atoms with Gasteiger partial charge in [0.2, 0.25) is 0 Å². The van der Waals surface area contributed by atoms with Gasteiger partial charge in [-0.15, -0.1) is 0 Å². The molecule has 1 aliphatic rings. The number of amides is 2. The van der Waals surface area contributed by atoms with Gasteiger partial charge < -0.3 is 4.90 Å². The summed E-state index contributed by atoms with van der Waals surface area (Å²) >= 11 is 0. The van der Waals surface area contributed by atoms with Crippen molar-refractivity contribution in [2.24, 2.45) is 0 Å². The summed E-state index contributed by atoms with van der Waals surface area (Å²) in [4.78, 5) is 28.1. The summed E-state index contributed by atoms with van der Waals surface area (Å²) in [6.45, 7) is 3.30. The Morgan fingerprint density at radius 1 is 0.957 bits per heavy atom. The van der Waals surface area contributed by atoms with Gasteiger partial charge in [0, 0.05) is 25.8 Å². The molecule has 2 amide bonds. The fourth-order valence-corrected chi connectivity index (χ4v) is 2.90. The highest BCUT2D eigenvalue weighted by molar-refractivity contribution is 6.21. The zero-order valence-corrected chi connectivity index (χ0v) is 13.5. The first kappa shape index (κ1) is 15.3. The number of hydrogen-bond acceptors (Lipinski definition) is 3. The van der Waals surface area contributed by atoms with E-state index in [2.05, 4.69) is 30.0 Å². The maximum absolute atomic E-state index is 12.3. The van der Waals surface area contributed by atoms with Crippen LogP contribution < -0.4 is 4.90 Å². The van der Waals surface area contributed by atoms with E-state index in [1.54, 1.807) is 24.3 Å². The molecule has 23 heavy (non-hydrogen) atoms. The molecule has 2 aromatic rings. The fourth-order valence-electron chi connectivity index (χ4n) is 2.90. The molecule has 1 aliphatic heterocycles. The Morgan fingerprint density at radius 2 is 1.61 bits per heavy atom. The molecule has 0 atom stereocenters. The molecule has 0 radical (unpaired) electrons. The van der Waals surface area contributed by atoms with Crippen LogP contribution in [0.1, 0.15) is 32.7 Å². The van der Waals surface area contributed by atoms with Gasteiger partial charge in [0.05, 0.1) is 11.1 Å². The molecule has 1 heterocycles. The molecular weight excluding hydrogens is 288 g/mol. The minimum Gasteiger partial charge on any atom is -0.375 e. The standard InChI is InChI=1S/C19H20N2O2/c1-14-7-5-8-15(13-14)20(2)11-6-12-21-18(22)16-9-3-4-10-17(16)19(21)23/h3-5,7-10,13H,6,11-12H2,1-2H3. The van der Waals surface area contributed by atoms with Crippen molar-refractivity contribution in [3.8, 4) is 0 Å². The van der Waals surface area contributed by atoms with Crippen LogP contribution in [-0.2, 0) is 0 Å². The topological polar surface area (TPSA) is 40.6 Å². The van der Waals surface area contributed by atoms with Gasteiger partial charge in [0.15, 0.2) is 0 Å². The van der Waals surface area contributed by atoms with Gasteiger partial charge in [-0.25, -0.2) is 0 Å². The van der Waals surface area contributed by atoms with E-state index in [1.165, 1.54) is 10.5 Å². The van der Waals surface area contributed by atoms with E-state index in [0.29, 0.717) is 17.7 Å². The van der Waals surface area contributed by atoms with Crippen LogP contribution in [0.3, 0.4) is 0 Å². The summed E-state index contributed by atoms with van der Waals surface area (Å²) in [5.41, 5.74) is 3.40. The smallest absolute Gasteiger partial charge is 0.261 e. The molecule has 0 unspecified atom stereocenters. The summed E-state index contributed by atoms with van der Waals surface area (Å²) in [5.74, 6) is -0.354. The molecular formula is C19H20N2O2. The van der Waals surface area contributed by atoms with Crippen molar-refractivity contribution in [3.05, 3.63) is 65.2 Å². The Morgan fingerprint density at radius 3 is 2.22 bits per heavy atom. The summed E-state index contributed by atoms with van der Waals surface area (Å²) in [6.07, 6.45) is 0.746. The molecule has 0 spiro atoms. The number of rotatable bonds is 5. The van der Waals surface area contributed by atoms with Crippen LogP contribution in [0.4, 0.5) is 5.69 Å². The lowest BCUT2D eigenvalue weighted by Gasteiger charge is -2.21. The van der Waals surface area contributed by atoms with E-state index >= 15 is 0 Å². The van der Waals surface area contributed by atoms with E-state index in [1.807, 2.05) is 13.1 Å². The van der Waals surface area contributed by atoms with Crippen molar-refractivity contribution in [1.82, 2.24) is 4.90 Å². The highest BCUT2D eigenvalue weighted by Crippen LogP contribution is 2.22. The van der Waals surface area contributed by atoms with E-state index in [0.717, 1.165) is 18.7 Å². The SMILES string of the molecule is Cc1cccc(N(C)CCCN2C(=O)c3ccccc3C2=O)c1. The molecule has 0 saturated carbocycles. The number of fused-ring (bicyclic) bond motifs is 1. The Balaban J connectivity index is 1.60. The summed E-state index contributed by atoms with van der Waals surface area (Å²) in [5, 5.41) is 0. The minimum absolute atomic E-state index is 0.177. The normalized spacial score (nSPS) is 13.4. The van der Waals surface area contributed by atoms with Gasteiger partial charge in [-0.2, -0.15) is 0 Å². The number of nitrogens with zero attached hydrogens (tertiary/aromatic N) is 2. The Labute approximate surface area is 136 Å². The molecule has 2 aromatic carbocycles. The molecule has 0 fully saturated rings. The first-order valence-electron chi connectivity index (χ1n) is 7.81. The summed E-state index contributed by atoms with van der Waals surface area (Å²) in [7, 11) is 2.02. The third-order valence-corrected chi connectivity index (χ3v) is 4.20. The molecule has 0 saturated heterocycles. The predicted molar refractivity (Wildman–Crippen MR) is 90.9 cm³/mol. The maximum Gasteiger partial charge on any atom is 0.261 e. The van der Waals surface area contributed by atoms with Crippen LogP contribution in [0.15, 0.2) is 48.5 Å². The molecule has 3 rings (SSSR count). The number of carbonyl (C=O) groups excluding carboxylic acids is 2. The largest absolute Gasteiger partial charge is 0.375 e. The average Bonchev–Trinajstić information content (AvgIpc) is 2.80. The summed E-state index contributed by atoms with van der Waals surface area (Å²) in [6, 6.07) is 15.3. The average molecular weight is 308 g/mol. The molecule has 118 valence electrons. The second kappa shape index (κ2) is 6.24. The van der Waals surface area contributed by atoms with Crippen molar-refractivity contribution in [3.63, 3.8) is 0 Å². The van der Waals surface area contributed by atoms with Gasteiger partial charge in [0.25, 0.3) is 11.8 Å². The molecule has 4 heteroatoms. The van der Waals surface area contributed by atoms with Crippen LogP contribution in [0.2, 0.25) is 0 Å². The zero-order valence-electron chi connectivity index (χ0n) is 13.5. The van der Waals surface area contributed by atoms with E-state index in [9.17, 15) is 9.59 Å². The molecule has 0 N–H and O–H groups in total. The zero-order chi connectivity index (χ0) is 16.4. The highest BCUT2D eigenvalue weighted by atomic mass is 16.2. The van der Waals surface area contributed by atoms with Crippen molar-refractivity contribution in [2.45, 2.75) is 13.3 Å². The van der Waals surface area contributed by atoms with Crippen molar-refractivity contribution in [1.29, 1.82) is 0 Å². The van der Waals surface area contributed by atoms with Crippen LogP contribution >= 0.6 is 0 Å². The van der Waals surface area contributed by atoms with Gasteiger partial charge >= 0.3 is 0 Å². The summed E-state index contributed by atoms with van der Waals surface area (Å²) < 4.78 is 0. The van der Waals surface area contributed by atoms with Crippen LogP contribution in [0, 0.1) is 6.92 Å². The number of anilines is 1. The van der Waals surface area contributed by atoms with Gasteiger partial charge in [0.1, 0.15) is 0 Å². The van der Waals surface area contributed by atoms with Gasteiger partial charge in [-0.1, -0.05) is 24.3 Å². The molecule has 0 aliphatic carbocycles. The Hall–Kier alpha value is -2.62. The Bertz CT molecular complexity index is 720. The van der Waals surface area contributed by atoms with Crippen molar-refractivity contribution in [2.75, 3.05) is 25.0 Å². The van der Waals surface area contributed by atoms with Crippen LogP contribution in [0.25, 0.3) is 0 Å². The monoisotopic (exact) mass is 308 g/mol. The number of hydrogen-bond donors (Lipinski definition) is 0. The van der Waals surface area contributed by atoms with Gasteiger partial charge in [-0.3, -0.25) is 14.5 Å². The van der Waals surface area contributed by atoms with E-state index < -0.39 is 0 Å². The fraction of sp³-hybridized carbons (Fsp3) is 0.263. The number of imide groups is 1. The molecule has 0 bridgehead atoms. The first-order chi connectivity index (χ1) is 11.1. The second-order valence-electron chi connectivity index (χ2n) is 5.92. The second-order valence-corrected chi connectivity index (χ2v) is 5.92. The highest BCUT2D eigenvalue weighted by Gasteiger charge is 2.34. The van der Waals surface area contributed by atoms with Crippen LogP contribution in [-0.4, -0.2) is 36.9 Å². The number of aryl methyl sites for hydroxylation is 1. The lowest BCUT2D eigenvalue weighted by molar-refractivity contribution is 0.0653. The quantitative estimate of drug-likeness (QED) is 0.797. The maximum atomic E-state index is 12.3. The van der Waals surface area contributed by atoms with E-state index in [4.69, 9.17) is 0 Å². The number of carbonyl (C=O) groups is 2. The molecule has 4 nitrogen and oxygen atoms in total. The lowest BCUT2D eigenvalue weighted by Crippen LogP contribution is -2.32. The third kappa shape index (κ3) is 2.97. The van der Waals surface area contributed by atoms with E-state index in [-0.39, 0.29) is 11.8 Å².